The van der Waals surface area contributed by atoms with Crippen molar-refractivity contribution in [3.05, 3.63) is 47.9 Å². The van der Waals surface area contributed by atoms with Crippen LogP contribution in [0.1, 0.15) is 5.69 Å². The van der Waals surface area contributed by atoms with Crippen LogP contribution in [0, 0.1) is 5.82 Å². The number of methoxy groups -OCH3 is 1. The molecule has 0 saturated heterocycles. The first-order valence-electron chi connectivity index (χ1n) is 5.10. The number of hydrogen-bond donors (Lipinski definition) is 0. The van der Waals surface area contributed by atoms with Crippen LogP contribution in [-0.4, -0.2) is 12.1 Å². The van der Waals surface area contributed by atoms with E-state index in [1.165, 1.54) is 12.1 Å². The number of aromatic nitrogens is 1. The molecular weight excluding hydrogens is 285 g/mol. The summed E-state index contributed by atoms with van der Waals surface area (Å²) in [6, 6.07) is 10.1. The molecule has 0 spiro atoms. The van der Waals surface area contributed by atoms with Gasteiger partial charge in [-0.3, -0.25) is 0 Å². The number of pyridine rings is 1. The lowest BCUT2D eigenvalue weighted by Crippen LogP contribution is -1.94. The molecule has 2 aromatic rings. The Balaban J connectivity index is 2.47. The molecule has 0 bridgehead atoms. The highest BCUT2D eigenvalue weighted by atomic mass is 79.9. The zero-order valence-electron chi connectivity index (χ0n) is 9.28. The number of rotatable bonds is 3. The van der Waals surface area contributed by atoms with Gasteiger partial charge in [0.05, 0.1) is 12.8 Å². The van der Waals surface area contributed by atoms with Crippen molar-refractivity contribution >= 4 is 15.9 Å². The van der Waals surface area contributed by atoms with Crippen LogP contribution in [0.5, 0.6) is 5.88 Å². The normalized spacial score (nSPS) is 10.3. The molecule has 0 N–H and O–H groups in total. The highest BCUT2D eigenvalue weighted by molar-refractivity contribution is 9.08. The van der Waals surface area contributed by atoms with Gasteiger partial charge in [-0.1, -0.05) is 28.1 Å². The van der Waals surface area contributed by atoms with Gasteiger partial charge in [-0.25, -0.2) is 9.37 Å². The van der Waals surface area contributed by atoms with Crippen LogP contribution in [0.25, 0.3) is 11.1 Å². The number of halogens is 2. The van der Waals surface area contributed by atoms with Crippen molar-refractivity contribution < 1.29 is 9.13 Å². The van der Waals surface area contributed by atoms with Crippen LogP contribution in [0.15, 0.2) is 36.4 Å². The van der Waals surface area contributed by atoms with Crippen molar-refractivity contribution in [2.45, 2.75) is 5.33 Å². The Morgan fingerprint density at radius 2 is 1.88 bits per heavy atom. The van der Waals surface area contributed by atoms with Gasteiger partial charge in [-0.15, -0.1) is 0 Å². The number of nitrogens with zero attached hydrogens (tertiary/aromatic N) is 1. The molecule has 0 fully saturated rings. The summed E-state index contributed by atoms with van der Waals surface area (Å²) in [6.45, 7) is 0. The van der Waals surface area contributed by atoms with E-state index < -0.39 is 0 Å². The van der Waals surface area contributed by atoms with Crippen molar-refractivity contribution in [1.82, 2.24) is 4.98 Å². The topological polar surface area (TPSA) is 22.1 Å². The van der Waals surface area contributed by atoms with E-state index in [-0.39, 0.29) is 5.82 Å². The molecule has 17 heavy (non-hydrogen) atoms. The molecular formula is C13H11BrFNO. The van der Waals surface area contributed by atoms with Crippen molar-refractivity contribution in [3.8, 4) is 17.0 Å². The first-order valence-corrected chi connectivity index (χ1v) is 6.22. The summed E-state index contributed by atoms with van der Waals surface area (Å²) in [7, 11) is 1.58. The standard InChI is InChI=1S/C13H11BrFNO/c1-17-13-7-6-11(12(8-14)16-13)9-2-4-10(15)5-3-9/h2-7H,8H2,1H3. The molecule has 0 radical (unpaired) electrons. The molecule has 0 aliphatic heterocycles. The fourth-order valence-electron chi connectivity index (χ4n) is 1.59. The van der Waals surface area contributed by atoms with E-state index in [0.29, 0.717) is 11.2 Å². The predicted molar refractivity (Wildman–Crippen MR) is 68.8 cm³/mol. The zero-order chi connectivity index (χ0) is 12.3. The van der Waals surface area contributed by atoms with Gasteiger partial charge in [0.15, 0.2) is 0 Å². The molecule has 0 aliphatic rings. The minimum absolute atomic E-state index is 0.240. The maximum absolute atomic E-state index is 12.9. The first-order chi connectivity index (χ1) is 8.24. The maximum atomic E-state index is 12.9. The third kappa shape index (κ3) is 2.64. The Labute approximate surface area is 108 Å². The van der Waals surface area contributed by atoms with Crippen molar-refractivity contribution in [2.24, 2.45) is 0 Å². The van der Waals surface area contributed by atoms with E-state index in [2.05, 4.69) is 20.9 Å². The number of ether oxygens (including phenoxy) is 1. The molecule has 0 unspecified atom stereocenters. The lowest BCUT2D eigenvalue weighted by atomic mass is 10.0. The van der Waals surface area contributed by atoms with Gasteiger partial charge >= 0.3 is 0 Å². The number of alkyl halides is 1. The summed E-state index contributed by atoms with van der Waals surface area (Å²) >= 11 is 3.39. The predicted octanol–water partition coefficient (Wildman–Crippen LogP) is 3.79. The molecule has 2 nitrogen and oxygen atoms in total. The van der Waals surface area contributed by atoms with E-state index in [1.807, 2.05) is 6.07 Å². The average molecular weight is 296 g/mol. The number of benzene rings is 1. The van der Waals surface area contributed by atoms with Crippen LogP contribution in [0.3, 0.4) is 0 Å². The van der Waals surface area contributed by atoms with Crippen molar-refractivity contribution in [3.63, 3.8) is 0 Å². The average Bonchev–Trinajstić information content (AvgIpc) is 2.39. The first kappa shape index (κ1) is 12.0. The largest absolute Gasteiger partial charge is 0.481 e. The Kier molecular flexibility index (Phi) is 3.74. The fourth-order valence-corrected chi connectivity index (χ4v) is 2.02. The third-order valence-corrected chi connectivity index (χ3v) is 2.97. The second-order valence-electron chi connectivity index (χ2n) is 3.49. The van der Waals surface area contributed by atoms with Crippen LogP contribution < -0.4 is 4.74 Å². The molecule has 0 amide bonds. The van der Waals surface area contributed by atoms with Gasteiger partial charge < -0.3 is 4.74 Å². The highest BCUT2D eigenvalue weighted by Crippen LogP contribution is 2.26. The third-order valence-electron chi connectivity index (χ3n) is 2.44. The second kappa shape index (κ2) is 5.27. The van der Waals surface area contributed by atoms with Gasteiger partial charge in [-0.2, -0.15) is 0 Å². The van der Waals surface area contributed by atoms with Gasteiger partial charge in [0.2, 0.25) is 5.88 Å². The Bertz CT molecular complexity index is 513. The molecule has 2 rings (SSSR count). The van der Waals surface area contributed by atoms with Gasteiger partial charge in [0, 0.05) is 17.0 Å². The molecule has 0 aliphatic carbocycles. The Morgan fingerprint density at radius 1 is 1.18 bits per heavy atom. The van der Waals surface area contributed by atoms with E-state index in [1.54, 1.807) is 25.3 Å². The summed E-state index contributed by atoms with van der Waals surface area (Å²) in [6.07, 6.45) is 0. The molecule has 88 valence electrons. The minimum Gasteiger partial charge on any atom is -0.481 e. The second-order valence-corrected chi connectivity index (χ2v) is 4.05. The van der Waals surface area contributed by atoms with Crippen LogP contribution in [-0.2, 0) is 5.33 Å². The molecule has 1 aromatic carbocycles. The van der Waals surface area contributed by atoms with E-state index >= 15 is 0 Å². The number of hydrogen-bond acceptors (Lipinski definition) is 2. The van der Waals surface area contributed by atoms with E-state index in [0.717, 1.165) is 16.8 Å². The molecule has 0 saturated carbocycles. The maximum Gasteiger partial charge on any atom is 0.213 e. The van der Waals surface area contributed by atoms with E-state index in [9.17, 15) is 4.39 Å². The Morgan fingerprint density at radius 3 is 2.47 bits per heavy atom. The smallest absolute Gasteiger partial charge is 0.213 e. The van der Waals surface area contributed by atoms with E-state index in [4.69, 9.17) is 4.74 Å². The minimum atomic E-state index is -0.240. The summed E-state index contributed by atoms with van der Waals surface area (Å²) in [5.74, 6) is 0.334. The van der Waals surface area contributed by atoms with Crippen molar-refractivity contribution in [2.75, 3.05) is 7.11 Å². The summed E-state index contributed by atoms with van der Waals surface area (Å²) < 4.78 is 17.9. The molecule has 1 heterocycles. The van der Waals surface area contributed by atoms with Crippen molar-refractivity contribution in [1.29, 1.82) is 0 Å². The van der Waals surface area contributed by atoms with Gasteiger partial charge in [0.1, 0.15) is 5.82 Å². The lowest BCUT2D eigenvalue weighted by molar-refractivity contribution is 0.397. The summed E-state index contributed by atoms with van der Waals surface area (Å²) in [4.78, 5) is 4.35. The SMILES string of the molecule is COc1ccc(-c2ccc(F)cc2)c(CBr)n1. The highest BCUT2D eigenvalue weighted by Gasteiger charge is 2.07. The zero-order valence-corrected chi connectivity index (χ0v) is 10.9. The fraction of sp³-hybridized carbons (Fsp3) is 0.154. The monoisotopic (exact) mass is 295 g/mol. The van der Waals surface area contributed by atoms with Crippen LogP contribution >= 0.6 is 15.9 Å². The Hall–Kier alpha value is -1.42. The lowest BCUT2D eigenvalue weighted by Gasteiger charge is -2.08. The van der Waals surface area contributed by atoms with Crippen LogP contribution in [0.4, 0.5) is 4.39 Å². The summed E-state index contributed by atoms with van der Waals surface area (Å²) in [5.41, 5.74) is 2.79. The van der Waals surface area contributed by atoms with Gasteiger partial charge in [0.25, 0.3) is 0 Å². The molecule has 4 heteroatoms. The van der Waals surface area contributed by atoms with Crippen LogP contribution in [0.2, 0.25) is 0 Å². The molecule has 0 atom stereocenters. The summed E-state index contributed by atoms with van der Waals surface area (Å²) in [5, 5.41) is 0.622. The van der Waals surface area contributed by atoms with Gasteiger partial charge in [-0.05, 0) is 23.8 Å². The quantitative estimate of drug-likeness (QED) is 0.804. The molecule has 1 aromatic heterocycles.